The molecular formula is C17H14BrNO5. The van der Waals surface area contributed by atoms with Gasteiger partial charge in [-0.05, 0) is 0 Å². The lowest BCUT2D eigenvalue weighted by Gasteiger charge is -2.21. The second-order valence-corrected chi connectivity index (χ2v) is 6.12. The molecule has 0 saturated carbocycles. The van der Waals surface area contributed by atoms with Crippen LogP contribution in [-0.2, 0) is 4.79 Å². The van der Waals surface area contributed by atoms with Crippen LogP contribution in [0.15, 0.2) is 60.7 Å². The van der Waals surface area contributed by atoms with Crippen molar-refractivity contribution >= 4 is 27.7 Å². The first kappa shape index (κ1) is 17.8. The third kappa shape index (κ3) is 3.86. The van der Waals surface area contributed by atoms with Gasteiger partial charge in [0.1, 0.15) is 5.92 Å². The number of nitrogens with zero attached hydrogens (tertiary/aromatic N) is 1. The fraction of sp³-hybridized carbons (Fsp3) is 0.176. The quantitative estimate of drug-likeness (QED) is 0.337. The number of nitro groups is 1. The molecular weight excluding hydrogens is 378 g/mol. The fourth-order valence-electron chi connectivity index (χ4n) is 2.46. The highest BCUT2D eigenvalue weighted by atomic mass is 79.9. The number of carboxylic acids is 1. The van der Waals surface area contributed by atoms with E-state index in [1.54, 1.807) is 48.5 Å². The molecule has 0 radical (unpaired) electrons. The average Bonchev–Trinajstić information content (AvgIpc) is 2.59. The maximum Gasteiger partial charge on any atom is 0.315 e. The monoisotopic (exact) mass is 391 g/mol. The molecule has 0 unspecified atom stereocenters. The summed E-state index contributed by atoms with van der Waals surface area (Å²) >= 11 is 3.08. The Kier molecular flexibility index (Phi) is 5.81. The number of hydrogen-bond acceptors (Lipinski definition) is 4. The summed E-state index contributed by atoms with van der Waals surface area (Å²) in [4.78, 5) is 33.9. The van der Waals surface area contributed by atoms with Gasteiger partial charge in [0, 0.05) is 16.1 Å². The van der Waals surface area contributed by atoms with Gasteiger partial charge in [-0.1, -0.05) is 76.6 Å². The van der Waals surface area contributed by atoms with Crippen LogP contribution in [-0.4, -0.2) is 26.6 Å². The molecule has 3 atom stereocenters. The Balaban J connectivity index is 2.42. The Morgan fingerprint density at radius 2 is 1.50 bits per heavy atom. The van der Waals surface area contributed by atoms with Crippen molar-refractivity contribution in [2.45, 2.75) is 10.9 Å². The van der Waals surface area contributed by atoms with E-state index in [1.807, 2.05) is 0 Å². The number of aliphatic carboxylic acids is 1. The standard InChI is InChI=1S/C17H14BrNO5/c18-14(16(20)12-9-5-2-6-10-12)13(17(21)22)15(19(23)24)11-7-3-1-4-8-11/h1-10,13-15H,(H,21,22)/t13-,14+,15-/m0/s1. The van der Waals surface area contributed by atoms with Gasteiger partial charge < -0.3 is 5.11 Å². The van der Waals surface area contributed by atoms with Gasteiger partial charge in [-0.15, -0.1) is 0 Å². The van der Waals surface area contributed by atoms with E-state index < -0.39 is 33.5 Å². The van der Waals surface area contributed by atoms with Gasteiger partial charge in [0.2, 0.25) is 0 Å². The SMILES string of the molecule is O=C(O)[C@@H]([C@@H](Br)C(=O)c1ccccc1)[C@H](c1ccccc1)[N+](=O)[O-]. The van der Waals surface area contributed by atoms with Crippen molar-refractivity contribution in [2.75, 3.05) is 0 Å². The molecule has 2 aromatic carbocycles. The summed E-state index contributed by atoms with van der Waals surface area (Å²) in [5.74, 6) is -3.47. The minimum absolute atomic E-state index is 0.236. The molecule has 1 N–H and O–H groups in total. The number of halogens is 1. The highest BCUT2D eigenvalue weighted by Gasteiger charge is 2.46. The van der Waals surface area contributed by atoms with E-state index in [9.17, 15) is 24.8 Å². The van der Waals surface area contributed by atoms with Gasteiger partial charge in [0.15, 0.2) is 5.78 Å². The van der Waals surface area contributed by atoms with Gasteiger partial charge in [0.05, 0.1) is 4.83 Å². The van der Waals surface area contributed by atoms with Crippen molar-refractivity contribution in [2.24, 2.45) is 5.92 Å². The Morgan fingerprint density at radius 1 is 1.00 bits per heavy atom. The van der Waals surface area contributed by atoms with Crippen molar-refractivity contribution < 1.29 is 19.6 Å². The molecule has 6 nitrogen and oxygen atoms in total. The van der Waals surface area contributed by atoms with Gasteiger partial charge in [-0.2, -0.15) is 0 Å². The van der Waals surface area contributed by atoms with Crippen molar-refractivity contribution in [1.29, 1.82) is 0 Å². The van der Waals surface area contributed by atoms with Crippen LogP contribution in [0.3, 0.4) is 0 Å². The van der Waals surface area contributed by atoms with Gasteiger partial charge in [-0.25, -0.2) is 0 Å². The first-order valence-corrected chi connectivity index (χ1v) is 7.99. The fourth-order valence-corrected chi connectivity index (χ4v) is 3.23. The minimum Gasteiger partial charge on any atom is -0.481 e. The molecule has 2 aromatic rings. The maximum absolute atomic E-state index is 12.5. The maximum atomic E-state index is 12.5. The normalized spacial score (nSPS) is 14.4. The molecule has 124 valence electrons. The highest BCUT2D eigenvalue weighted by molar-refractivity contribution is 9.10. The summed E-state index contributed by atoms with van der Waals surface area (Å²) in [6.45, 7) is 0. The molecule has 24 heavy (non-hydrogen) atoms. The Bertz CT molecular complexity index is 735. The predicted octanol–water partition coefficient (Wildman–Crippen LogP) is 3.35. The van der Waals surface area contributed by atoms with Gasteiger partial charge in [0.25, 0.3) is 6.04 Å². The first-order valence-electron chi connectivity index (χ1n) is 7.08. The second kappa shape index (κ2) is 7.83. The van der Waals surface area contributed by atoms with Crippen LogP contribution in [0.5, 0.6) is 0 Å². The third-order valence-electron chi connectivity index (χ3n) is 3.62. The molecule has 0 aromatic heterocycles. The van der Waals surface area contributed by atoms with Crippen molar-refractivity contribution in [1.82, 2.24) is 0 Å². The van der Waals surface area contributed by atoms with Crippen LogP contribution in [0.1, 0.15) is 22.0 Å². The van der Waals surface area contributed by atoms with Crippen LogP contribution in [0.2, 0.25) is 0 Å². The number of benzene rings is 2. The number of ketones is 1. The molecule has 0 aliphatic carbocycles. The van der Waals surface area contributed by atoms with Gasteiger partial charge in [-0.3, -0.25) is 19.7 Å². The Labute approximate surface area is 146 Å². The van der Waals surface area contributed by atoms with Crippen molar-refractivity contribution in [3.63, 3.8) is 0 Å². The molecule has 0 spiro atoms. The molecule has 0 amide bonds. The number of alkyl halides is 1. The molecule has 7 heteroatoms. The van der Waals surface area contributed by atoms with E-state index in [-0.39, 0.29) is 5.56 Å². The summed E-state index contributed by atoms with van der Waals surface area (Å²) in [6.07, 6.45) is 0. The Morgan fingerprint density at radius 3 is 1.96 bits per heavy atom. The van der Waals surface area contributed by atoms with Crippen LogP contribution >= 0.6 is 15.9 Å². The van der Waals surface area contributed by atoms with Crippen molar-refractivity contribution in [3.05, 3.63) is 81.9 Å². The van der Waals surface area contributed by atoms with Crippen LogP contribution in [0.25, 0.3) is 0 Å². The average molecular weight is 392 g/mol. The van der Waals surface area contributed by atoms with Crippen LogP contribution in [0.4, 0.5) is 0 Å². The molecule has 0 bridgehead atoms. The predicted molar refractivity (Wildman–Crippen MR) is 90.8 cm³/mol. The molecule has 0 heterocycles. The van der Waals surface area contributed by atoms with Crippen LogP contribution < -0.4 is 0 Å². The molecule has 0 aliphatic heterocycles. The van der Waals surface area contributed by atoms with E-state index in [0.29, 0.717) is 5.56 Å². The summed E-state index contributed by atoms with van der Waals surface area (Å²) in [5.41, 5.74) is 0.529. The zero-order valence-corrected chi connectivity index (χ0v) is 14.0. The lowest BCUT2D eigenvalue weighted by atomic mass is 9.87. The zero-order chi connectivity index (χ0) is 17.7. The lowest BCUT2D eigenvalue weighted by molar-refractivity contribution is -0.536. The number of carboxylic acid groups (broad SMARTS) is 1. The number of carbonyl (C=O) groups is 2. The number of rotatable bonds is 7. The van der Waals surface area contributed by atoms with Crippen molar-refractivity contribution in [3.8, 4) is 0 Å². The summed E-state index contributed by atoms with van der Waals surface area (Å²) < 4.78 is 0. The second-order valence-electron chi connectivity index (χ2n) is 5.14. The summed E-state index contributed by atoms with van der Waals surface area (Å²) in [5, 5.41) is 21.1. The van der Waals surface area contributed by atoms with E-state index in [2.05, 4.69) is 15.9 Å². The number of hydrogen-bond donors (Lipinski definition) is 1. The highest BCUT2D eigenvalue weighted by Crippen LogP contribution is 2.33. The third-order valence-corrected chi connectivity index (χ3v) is 4.60. The van der Waals surface area contributed by atoms with Gasteiger partial charge >= 0.3 is 5.97 Å². The number of Topliss-reactive ketones (excluding diaryl/α,β-unsaturated/α-hetero) is 1. The van der Waals surface area contributed by atoms with E-state index in [1.165, 1.54) is 12.1 Å². The first-order chi connectivity index (χ1) is 11.4. The summed E-state index contributed by atoms with van der Waals surface area (Å²) in [6, 6.07) is 14.4. The zero-order valence-electron chi connectivity index (χ0n) is 12.4. The lowest BCUT2D eigenvalue weighted by Crippen LogP contribution is -2.38. The smallest absolute Gasteiger partial charge is 0.315 e. The largest absolute Gasteiger partial charge is 0.481 e. The molecule has 0 aliphatic rings. The van der Waals surface area contributed by atoms with Crippen LogP contribution in [0, 0.1) is 16.0 Å². The van der Waals surface area contributed by atoms with E-state index >= 15 is 0 Å². The van der Waals surface area contributed by atoms with E-state index in [4.69, 9.17) is 0 Å². The molecule has 0 fully saturated rings. The number of carbonyl (C=O) groups excluding carboxylic acids is 1. The topological polar surface area (TPSA) is 97.5 Å². The van der Waals surface area contributed by atoms with E-state index in [0.717, 1.165) is 0 Å². The molecule has 2 rings (SSSR count). The minimum atomic E-state index is -1.55. The summed E-state index contributed by atoms with van der Waals surface area (Å²) in [7, 11) is 0. The molecule has 0 saturated heterocycles. The Hall–Kier alpha value is -2.54.